The lowest BCUT2D eigenvalue weighted by Crippen LogP contribution is -2.36. The number of nitrogens with one attached hydrogen (secondary N) is 1. The van der Waals surface area contributed by atoms with Crippen LogP contribution >= 0.6 is 0 Å². The molecule has 2 heteroatoms. The maximum atomic E-state index is 5.05. The van der Waals surface area contributed by atoms with Crippen molar-refractivity contribution in [1.82, 2.24) is 0 Å². The van der Waals surface area contributed by atoms with Crippen LogP contribution in [0.3, 0.4) is 0 Å². The average Bonchev–Trinajstić information content (AvgIpc) is 2.72. The Morgan fingerprint density at radius 3 is 2.52 bits per heavy atom. The molecule has 1 fully saturated rings. The number of hydrogen-bond acceptors (Lipinski definition) is 2. The Morgan fingerprint density at radius 2 is 1.62 bits per heavy atom. The van der Waals surface area contributed by atoms with Gasteiger partial charge < -0.3 is 5.32 Å². The van der Waals surface area contributed by atoms with Gasteiger partial charge >= 0.3 is 0 Å². The van der Waals surface area contributed by atoms with E-state index >= 15 is 0 Å². The zero-order valence-electron chi connectivity index (χ0n) is 12.1. The Labute approximate surface area is 125 Å². The van der Waals surface area contributed by atoms with Crippen molar-refractivity contribution >= 4 is 17.1 Å². The summed E-state index contributed by atoms with van der Waals surface area (Å²) in [5, 5.41) is 3.75. The Morgan fingerprint density at radius 1 is 0.857 bits per heavy atom. The van der Waals surface area contributed by atoms with Crippen LogP contribution in [-0.4, -0.2) is 11.8 Å². The minimum atomic E-state index is 0.515. The summed E-state index contributed by atoms with van der Waals surface area (Å²) in [5.74, 6) is 0.522. The molecule has 0 aromatic heterocycles. The molecule has 2 aromatic carbocycles. The number of hydrogen-bond donors (Lipinski definition) is 1. The van der Waals surface area contributed by atoms with Gasteiger partial charge in [0.15, 0.2) is 0 Å². The maximum Gasteiger partial charge on any atom is 0.0864 e. The van der Waals surface area contributed by atoms with Gasteiger partial charge in [0.05, 0.1) is 17.1 Å². The van der Waals surface area contributed by atoms with E-state index in [4.69, 9.17) is 4.99 Å². The summed E-state index contributed by atoms with van der Waals surface area (Å²) in [5.41, 5.74) is 4.79. The lowest BCUT2D eigenvalue weighted by molar-refractivity contribution is 0.402. The Hall–Kier alpha value is -2.09. The predicted molar refractivity (Wildman–Crippen MR) is 88.4 cm³/mol. The van der Waals surface area contributed by atoms with Crippen LogP contribution in [0.4, 0.5) is 11.4 Å². The summed E-state index contributed by atoms with van der Waals surface area (Å²) in [4.78, 5) is 5.05. The van der Waals surface area contributed by atoms with E-state index in [0.717, 1.165) is 5.69 Å². The van der Waals surface area contributed by atoms with E-state index in [1.807, 2.05) is 0 Å². The molecule has 0 amide bonds. The molecule has 2 nitrogen and oxygen atoms in total. The van der Waals surface area contributed by atoms with Crippen molar-refractivity contribution in [3.8, 4) is 0 Å². The maximum absolute atomic E-state index is 5.05. The van der Waals surface area contributed by atoms with Crippen molar-refractivity contribution in [3.63, 3.8) is 0 Å². The van der Waals surface area contributed by atoms with Crippen LogP contribution in [0.15, 0.2) is 59.6 Å². The zero-order chi connectivity index (χ0) is 14.1. The van der Waals surface area contributed by atoms with Crippen molar-refractivity contribution in [2.75, 3.05) is 5.32 Å². The SMILES string of the molecule is c1ccc(C2=Nc3ccccc3NC3CCCCC23)cc1. The molecule has 0 bridgehead atoms. The molecule has 0 spiro atoms. The number of aliphatic imine (C=N–C) groups is 1. The molecule has 106 valence electrons. The lowest BCUT2D eigenvalue weighted by atomic mass is 9.79. The quantitative estimate of drug-likeness (QED) is 0.795. The molecule has 1 aliphatic carbocycles. The van der Waals surface area contributed by atoms with E-state index < -0.39 is 0 Å². The van der Waals surface area contributed by atoms with Crippen LogP contribution in [0.2, 0.25) is 0 Å². The largest absolute Gasteiger partial charge is 0.380 e. The van der Waals surface area contributed by atoms with Crippen LogP contribution in [0, 0.1) is 5.92 Å². The van der Waals surface area contributed by atoms with Gasteiger partial charge in [0.25, 0.3) is 0 Å². The molecule has 21 heavy (non-hydrogen) atoms. The summed E-state index contributed by atoms with van der Waals surface area (Å²) in [6, 6.07) is 19.6. The zero-order valence-corrected chi connectivity index (χ0v) is 12.1. The molecule has 1 heterocycles. The van der Waals surface area contributed by atoms with Crippen molar-refractivity contribution < 1.29 is 0 Å². The van der Waals surface area contributed by atoms with Gasteiger partial charge in [0.1, 0.15) is 0 Å². The first kappa shape index (κ1) is 12.6. The smallest absolute Gasteiger partial charge is 0.0864 e. The number of para-hydroxylation sites is 2. The predicted octanol–water partition coefficient (Wildman–Crippen LogP) is 4.79. The third-order valence-corrected chi connectivity index (χ3v) is 4.67. The van der Waals surface area contributed by atoms with Gasteiger partial charge in [0, 0.05) is 12.0 Å². The molecule has 0 radical (unpaired) electrons. The van der Waals surface area contributed by atoms with E-state index in [1.54, 1.807) is 0 Å². The molecular formula is C19H20N2. The fourth-order valence-electron chi connectivity index (χ4n) is 3.62. The van der Waals surface area contributed by atoms with Crippen LogP contribution in [0.25, 0.3) is 0 Å². The van der Waals surface area contributed by atoms with Gasteiger partial charge in [-0.3, -0.25) is 4.99 Å². The lowest BCUT2D eigenvalue weighted by Gasteiger charge is -2.32. The van der Waals surface area contributed by atoms with E-state index in [9.17, 15) is 0 Å². The molecule has 2 atom stereocenters. The van der Waals surface area contributed by atoms with Crippen molar-refractivity contribution in [1.29, 1.82) is 0 Å². The number of anilines is 1. The Kier molecular flexibility index (Phi) is 3.23. The molecule has 0 saturated heterocycles. The van der Waals surface area contributed by atoms with Crippen LogP contribution < -0.4 is 5.32 Å². The van der Waals surface area contributed by atoms with E-state index in [1.165, 1.54) is 42.6 Å². The minimum Gasteiger partial charge on any atom is -0.380 e. The monoisotopic (exact) mass is 276 g/mol. The molecular weight excluding hydrogens is 256 g/mol. The van der Waals surface area contributed by atoms with Crippen molar-refractivity contribution in [2.24, 2.45) is 10.9 Å². The van der Waals surface area contributed by atoms with Gasteiger partial charge in [-0.1, -0.05) is 55.3 Å². The summed E-state index contributed by atoms with van der Waals surface area (Å²) >= 11 is 0. The van der Waals surface area contributed by atoms with E-state index in [0.29, 0.717) is 12.0 Å². The minimum absolute atomic E-state index is 0.515. The number of benzene rings is 2. The standard InChI is InChI=1S/C19H20N2/c1-2-8-14(9-3-1)19-15-10-4-5-11-16(15)20-17-12-6-7-13-18(17)21-19/h1-3,6-9,12-13,15-16,20H,4-5,10-11H2. The topological polar surface area (TPSA) is 24.4 Å². The summed E-state index contributed by atoms with van der Waals surface area (Å²) in [6.07, 6.45) is 5.10. The van der Waals surface area contributed by atoms with Crippen LogP contribution in [0.5, 0.6) is 0 Å². The second-order valence-electron chi connectivity index (χ2n) is 6.02. The number of rotatable bonds is 1. The van der Waals surface area contributed by atoms with E-state index in [2.05, 4.69) is 59.9 Å². The fourth-order valence-corrected chi connectivity index (χ4v) is 3.62. The number of fused-ring (bicyclic) bond motifs is 2. The van der Waals surface area contributed by atoms with Crippen LogP contribution in [-0.2, 0) is 0 Å². The highest BCUT2D eigenvalue weighted by Crippen LogP contribution is 2.37. The summed E-state index contributed by atoms with van der Waals surface area (Å²) in [6.45, 7) is 0. The van der Waals surface area contributed by atoms with Crippen molar-refractivity contribution in [2.45, 2.75) is 31.7 Å². The Bertz CT molecular complexity index is 660. The molecule has 2 aromatic rings. The summed E-state index contributed by atoms with van der Waals surface area (Å²) in [7, 11) is 0. The van der Waals surface area contributed by atoms with Gasteiger partial charge in [-0.2, -0.15) is 0 Å². The molecule has 1 saturated carbocycles. The summed E-state index contributed by atoms with van der Waals surface area (Å²) < 4.78 is 0. The highest BCUT2D eigenvalue weighted by atomic mass is 15.0. The second-order valence-corrected chi connectivity index (χ2v) is 6.02. The number of nitrogens with zero attached hydrogens (tertiary/aromatic N) is 1. The molecule has 2 unspecified atom stereocenters. The van der Waals surface area contributed by atoms with Crippen molar-refractivity contribution in [3.05, 3.63) is 60.2 Å². The van der Waals surface area contributed by atoms with E-state index in [-0.39, 0.29) is 0 Å². The molecule has 2 aliphatic rings. The van der Waals surface area contributed by atoms with Gasteiger partial charge in [-0.25, -0.2) is 0 Å². The van der Waals surface area contributed by atoms with Gasteiger partial charge in [0.2, 0.25) is 0 Å². The molecule has 1 N–H and O–H groups in total. The third kappa shape index (κ3) is 2.35. The van der Waals surface area contributed by atoms with Crippen LogP contribution in [0.1, 0.15) is 31.2 Å². The normalized spacial score (nSPS) is 24.1. The molecule has 1 aliphatic heterocycles. The molecule has 4 rings (SSSR count). The first-order chi connectivity index (χ1) is 10.4. The highest BCUT2D eigenvalue weighted by molar-refractivity contribution is 6.05. The third-order valence-electron chi connectivity index (χ3n) is 4.67. The Balaban J connectivity index is 1.86. The highest BCUT2D eigenvalue weighted by Gasteiger charge is 2.32. The second kappa shape index (κ2) is 5.36. The van der Waals surface area contributed by atoms with Gasteiger partial charge in [-0.15, -0.1) is 0 Å². The first-order valence-corrected chi connectivity index (χ1v) is 7.91. The fraction of sp³-hybridized carbons (Fsp3) is 0.316. The first-order valence-electron chi connectivity index (χ1n) is 7.91. The average molecular weight is 276 g/mol. The van der Waals surface area contributed by atoms with Gasteiger partial charge in [-0.05, 0) is 30.5 Å².